The summed E-state index contributed by atoms with van der Waals surface area (Å²) in [5.41, 5.74) is 1.38. The molecule has 0 spiro atoms. The highest BCUT2D eigenvalue weighted by Crippen LogP contribution is 2.41. The molecule has 1 aliphatic carbocycles. The fourth-order valence-electron chi connectivity index (χ4n) is 2.68. The van der Waals surface area contributed by atoms with Gasteiger partial charge in [0.2, 0.25) is 5.89 Å². The zero-order chi connectivity index (χ0) is 14.7. The van der Waals surface area contributed by atoms with Crippen LogP contribution in [-0.2, 0) is 13.0 Å². The summed E-state index contributed by atoms with van der Waals surface area (Å²) in [6, 6.07) is 2.71. The molecule has 1 unspecified atom stereocenters. The molecule has 21 heavy (non-hydrogen) atoms. The Morgan fingerprint density at radius 3 is 2.95 bits per heavy atom. The standard InChI is InChI=1S/C16H24N4O/c1-3-8-17-16(12-5-6-12)13-7-9-20(10-13)11-15-18-14(4-2)19-21-15/h7,9-10,12,16-17H,3-6,8,11H2,1-2H3. The molecule has 1 aliphatic rings. The summed E-state index contributed by atoms with van der Waals surface area (Å²) in [4.78, 5) is 4.36. The van der Waals surface area contributed by atoms with Crippen LogP contribution in [0.2, 0.25) is 0 Å². The van der Waals surface area contributed by atoms with E-state index in [4.69, 9.17) is 4.52 Å². The molecule has 1 saturated carbocycles. The molecule has 2 aromatic rings. The largest absolute Gasteiger partial charge is 0.345 e. The predicted octanol–water partition coefficient (Wildman–Crippen LogP) is 2.93. The van der Waals surface area contributed by atoms with E-state index in [1.807, 2.05) is 6.92 Å². The molecule has 0 radical (unpaired) electrons. The van der Waals surface area contributed by atoms with Gasteiger partial charge in [-0.2, -0.15) is 4.98 Å². The van der Waals surface area contributed by atoms with Gasteiger partial charge >= 0.3 is 0 Å². The summed E-state index contributed by atoms with van der Waals surface area (Å²) in [5, 5.41) is 7.61. The van der Waals surface area contributed by atoms with Crippen molar-refractivity contribution in [2.24, 2.45) is 5.92 Å². The number of hydrogen-bond acceptors (Lipinski definition) is 4. The highest BCUT2D eigenvalue weighted by atomic mass is 16.5. The van der Waals surface area contributed by atoms with Crippen LogP contribution in [-0.4, -0.2) is 21.3 Å². The number of rotatable bonds is 8. The van der Waals surface area contributed by atoms with E-state index < -0.39 is 0 Å². The van der Waals surface area contributed by atoms with Crippen LogP contribution in [0.1, 0.15) is 56.4 Å². The van der Waals surface area contributed by atoms with Gasteiger partial charge in [0.1, 0.15) is 6.54 Å². The molecule has 2 heterocycles. The molecular weight excluding hydrogens is 264 g/mol. The van der Waals surface area contributed by atoms with E-state index in [-0.39, 0.29) is 0 Å². The first-order valence-electron chi connectivity index (χ1n) is 8.00. The second-order valence-corrected chi connectivity index (χ2v) is 5.84. The van der Waals surface area contributed by atoms with Crippen molar-refractivity contribution >= 4 is 0 Å². The minimum Gasteiger partial charge on any atom is -0.345 e. The average molecular weight is 288 g/mol. The Labute approximate surface area is 125 Å². The van der Waals surface area contributed by atoms with Gasteiger partial charge in [-0.1, -0.05) is 19.0 Å². The van der Waals surface area contributed by atoms with Gasteiger partial charge in [0, 0.05) is 24.9 Å². The molecule has 0 amide bonds. The fourth-order valence-corrected chi connectivity index (χ4v) is 2.68. The van der Waals surface area contributed by atoms with Gasteiger partial charge in [-0.15, -0.1) is 0 Å². The topological polar surface area (TPSA) is 55.9 Å². The van der Waals surface area contributed by atoms with Gasteiger partial charge in [0.05, 0.1) is 0 Å². The molecule has 0 saturated heterocycles. The predicted molar refractivity (Wildman–Crippen MR) is 81.0 cm³/mol. The lowest BCUT2D eigenvalue weighted by atomic mass is 10.1. The first-order valence-corrected chi connectivity index (χ1v) is 8.00. The number of aromatic nitrogens is 3. The quantitative estimate of drug-likeness (QED) is 0.811. The molecule has 1 N–H and O–H groups in total. The van der Waals surface area contributed by atoms with E-state index in [1.165, 1.54) is 24.8 Å². The molecule has 3 rings (SSSR count). The normalized spacial score (nSPS) is 16.3. The van der Waals surface area contributed by atoms with Crippen molar-refractivity contribution < 1.29 is 4.52 Å². The lowest BCUT2D eigenvalue weighted by Crippen LogP contribution is -2.23. The van der Waals surface area contributed by atoms with Crippen LogP contribution in [0, 0.1) is 5.92 Å². The lowest BCUT2D eigenvalue weighted by molar-refractivity contribution is 0.366. The van der Waals surface area contributed by atoms with Crippen molar-refractivity contribution in [1.82, 2.24) is 20.0 Å². The molecule has 5 heteroatoms. The maximum absolute atomic E-state index is 5.26. The molecule has 1 atom stereocenters. The minimum absolute atomic E-state index is 0.500. The molecule has 0 aromatic carbocycles. The Bertz CT molecular complexity index is 570. The summed E-state index contributed by atoms with van der Waals surface area (Å²) >= 11 is 0. The minimum atomic E-state index is 0.500. The lowest BCUT2D eigenvalue weighted by Gasteiger charge is -2.16. The van der Waals surface area contributed by atoms with E-state index >= 15 is 0 Å². The van der Waals surface area contributed by atoms with Gasteiger partial charge in [0.25, 0.3) is 0 Å². The summed E-state index contributed by atoms with van der Waals surface area (Å²) in [6.07, 6.45) is 8.98. The molecule has 5 nitrogen and oxygen atoms in total. The van der Waals surface area contributed by atoms with Crippen LogP contribution < -0.4 is 5.32 Å². The Balaban J connectivity index is 1.66. The van der Waals surface area contributed by atoms with Crippen LogP contribution in [0.3, 0.4) is 0 Å². The van der Waals surface area contributed by atoms with Crippen LogP contribution in [0.25, 0.3) is 0 Å². The van der Waals surface area contributed by atoms with Gasteiger partial charge in [-0.05, 0) is 43.4 Å². The smallest absolute Gasteiger partial charge is 0.246 e. The average Bonchev–Trinajstić information content (AvgIpc) is 3.06. The van der Waals surface area contributed by atoms with Crippen molar-refractivity contribution in [3.8, 4) is 0 Å². The summed E-state index contributed by atoms with van der Waals surface area (Å²) in [7, 11) is 0. The molecule has 114 valence electrons. The molecular formula is C16H24N4O. The first-order chi connectivity index (χ1) is 10.3. The number of nitrogens with one attached hydrogen (secondary N) is 1. The van der Waals surface area contributed by atoms with Crippen molar-refractivity contribution in [3.63, 3.8) is 0 Å². The highest BCUT2D eigenvalue weighted by Gasteiger charge is 2.32. The van der Waals surface area contributed by atoms with Crippen molar-refractivity contribution in [2.45, 2.75) is 52.1 Å². The summed E-state index contributed by atoms with van der Waals surface area (Å²) < 4.78 is 7.39. The Morgan fingerprint density at radius 2 is 2.29 bits per heavy atom. The van der Waals surface area contributed by atoms with Crippen LogP contribution >= 0.6 is 0 Å². The number of aryl methyl sites for hydroxylation is 1. The van der Waals surface area contributed by atoms with Gasteiger partial charge in [-0.3, -0.25) is 0 Å². The van der Waals surface area contributed by atoms with Gasteiger partial charge in [0.15, 0.2) is 5.82 Å². The highest BCUT2D eigenvalue weighted by molar-refractivity contribution is 5.18. The van der Waals surface area contributed by atoms with Gasteiger partial charge in [-0.25, -0.2) is 0 Å². The number of hydrogen-bond donors (Lipinski definition) is 1. The number of nitrogens with zero attached hydrogens (tertiary/aromatic N) is 3. The molecule has 2 aromatic heterocycles. The third-order valence-corrected chi connectivity index (χ3v) is 3.98. The third kappa shape index (κ3) is 3.53. The van der Waals surface area contributed by atoms with Crippen LogP contribution in [0.4, 0.5) is 0 Å². The fraction of sp³-hybridized carbons (Fsp3) is 0.625. The van der Waals surface area contributed by atoms with Gasteiger partial charge < -0.3 is 14.4 Å². The Hall–Kier alpha value is -1.62. The SMILES string of the molecule is CCCNC(c1ccn(Cc2nc(CC)no2)c1)C1CC1. The van der Waals surface area contributed by atoms with Crippen molar-refractivity contribution in [1.29, 1.82) is 0 Å². The van der Waals surface area contributed by atoms with E-state index in [9.17, 15) is 0 Å². The maximum atomic E-state index is 5.26. The zero-order valence-electron chi connectivity index (χ0n) is 12.9. The van der Waals surface area contributed by atoms with Crippen molar-refractivity contribution in [2.75, 3.05) is 6.54 Å². The third-order valence-electron chi connectivity index (χ3n) is 3.98. The van der Waals surface area contributed by atoms with E-state index in [0.717, 1.165) is 24.7 Å². The monoisotopic (exact) mass is 288 g/mol. The molecule has 0 bridgehead atoms. The molecule has 0 aliphatic heterocycles. The van der Waals surface area contributed by atoms with Crippen molar-refractivity contribution in [3.05, 3.63) is 35.7 Å². The molecule has 1 fully saturated rings. The van der Waals surface area contributed by atoms with E-state index in [2.05, 4.69) is 45.4 Å². The first kappa shape index (κ1) is 14.3. The maximum Gasteiger partial charge on any atom is 0.246 e. The Morgan fingerprint density at radius 1 is 1.43 bits per heavy atom. The second kappa shape index (κ2) is 6.43. The Kier molecular flexibility index (Phi) is 4.39. The second-order valence-electron chi connectivity index (χ2n) is 5.84. The van der Waals surface area contributed by atoms with Crippen LogP contribution in [0.5, 0.6) is 0 Å². The zero-order valence-corrected chi connectivity index (χ0v) is 12.9. The summed E-state index contributed by atoms with van der Waals surface area (Å²) in [5.74, 6) is 2.26. The summed E-state index contributed by atoms with van der Waals surface area (Å²) in [6.45, 7) is 5.97. The van der Waals surface area contributed by atoms with E-state index in [0.29, 0.717) is 18.5 Å². The van der Waals surface area contributed by atoms with E-state index in [1.54, 1.807) is 0 Å². The van der Waals surface area contributed by atoms with Crippen LogP contribution in [0.15, 0.2) is 23.0 Å².